The molecule has 0 spiro atoms. The van der Waals surface area contributed by atoms with Crippen LogP contribution in [0.5, 0.6) is 11.5 Å². The predicted molar refractivity (Wildman–Crippen MR) is 164 cm³/mol. The number of hydrogen-bond acceptors (Lipinski definition) is 8. The maximum Gasteiger partial charge on any atom is 0.253 e. The molecule has 1 fully saturated rings. The lowest BCUT2D eigenvalue weighted by molar-refractivity contribution is 0.0943. The molecule has 0 aliphatic carbocycles. The summed E-state index contributed by atoms with van der Waals surface area (Å²) in [5, 5.41) is 12.2. The molecule has 9 heteroatoms. The Morgan fingerprint density at radius 2 is 1.86 bits per heavy atom. The third-order valence-electron chi connectivity index (χ3n) is 8.34. The van der Waals surface area contributed by atoms with E-state index in [0.717, 1.165) is 61.6 Å². The van der Waals surface area contributed by atoms with Crippen LogP contribution in [0.25, 0.3) is 0 Å². The number of pyridine rings is 2. The van der Waals surface area contributed by atoms with Crippen molar-refractivity contribution in [3.8, 4) is 17.6 Å². The summed E-state index contributed by atoms with van der Waals surface area (Å²) in [6.07, 6.45) is 6.71. The second kappa shape index (κ2) is 14.1. The zero-order chi connectivity index (χ0) is 30.2. The molecule has 1 aliphatic heterocycles. The minimum atomic E-state index is -0.135. The van der Waals surface area contributed by atoms with Gasteiger partial charge in [-0.1, -0.05) is 0 Å². The Hall–Kier alpha value is -4.16. The fraction of sp³-hybridized carbons (Fsp3) is 0.455. The van der Waals surface area contributed by atoms with E-state index in [2.05, 4.69) is 57.1 Å². The molecule has 2 aromatic heterocycles. The van der Waals surface area contributed by atoms with Crippen LogP contribution in [0.1, 0.15) is 64.6 Å². The van der Waals surface area contributed by atoms with Gasteiger partial charge in [0.25, 0.3) is 5.91 Å². The number of nitrogens with one attached hydrogen (secondary N) is 1. The summed E-state index contributed by atoms with van der Waals surface area (Å²) in [5.41, 5.74) is 5.78. The van der Waals surface area contributed by atoms with Crippen LogP contribution in [0.15, 0.2) is 42.7 Å². The zero-order valence-corrected chi connectivity index (χ0v) is 25.6. The maximum atomic E-state index is 12.9. The second-order valence-electron chi connectivity index (χ2n) is 11.0. The van der Waals surface area contributed by atoms with Gasteiger partial charge in [0.2, 0.25) is 0 Å². The van der Waals surface area contributed by atoms with Crippen molar-refractivity contribution in [1.29, 1.82) is 5.26 Å². The number of likely N-dealkylation sites (tertiary alicyclic amines) is 1. The normalized spacial score (nSPS) is 14.6. The van der Waals surface area contributed by atoms with E-state index < -0.39 is 0 Å². The Kier molecular flexibility index (Phi) is 10.4. The van der Waals surface area contributed by atoms with Crippen molar-refractivity contribution in [3.63, 3.8) is 0 Å². The Morgan fingerprint density at radius 3 is 2.50 bits per heavy atom. The molecular weight excluding hydrogens is 528 g/mol. The van der Waals surface area contributed by atoms with Gasteiger partial charge in [-0.25, -0.2) is 4.98 Å². The van der Waals surface area contributed by atoms with Crippen LogP contribution in [0.3, 0.4) is 0 Å². The van der Waals surface area contributed by atoms with Crippen molar-refractivity contribution in [3.05, 3.63) is 76.4 Å². The smallest absolute Gasteiger partial charge is 0.253 e. The SMILES string of the molecule is COc1ccc(N(Cc2cnccc2C)C2CCN([C@H](C)CCNC(=O)c3c(C)cc(C#N)nc3C)CC2)cc1OC. The maximum absolute atomic E-state index is 12.9. The Labute approximate surface area is 249 Å². The van der Waals surface area contributed by atoms with Crippen molar-refractivity contribution in [2.24, 2.45) is 0 Å². The van der Waals surface area contributed by atoms with Crippen LogP contribution in [0.2, 0.25) is 0 Å². The van der Waals surface area contributed by atoms with Gasteiger partial charge in [0.15, 0.2) is 11.5 Å². The molecule has 42 heavy (non-hydrogen) atoms. The summed E-state index contributed by atoms with van der Waals surface area (Å²) in [5.74, 6) is 1.30. The molecule has 1 aromatic carbocycles. The summed E-state index contributed by atoms with van der Waals surface area (Å²) in [6, 6.07) is 12.6. The first-order valence-electron chi connectivity index (χ1n) is 14.5. The summed E-state index contributed by atoms with van der Waals surface area (Å²) in [7, 11) is 3.33. The van der Waals surface area contributed by atoms with Gasteiger partial charge in [0.05, 0.1) is 25.5 Å². The number of hydrogen-bond donors (Lipinski definition) is 1. The zero-order valence-electron chi connectivity index (χ0n) is 25.6. The number of carbonyl (C=O) groups excluding carboxylic acids is 1. The van der Waals surface area contributed by atoms with E-state index in [1.54, 1.807) is 27.2 Å². The van der Waals surface area contributed by atoms with E-state index in [0.29, 0.717) is 35.6 Å². The van der Waals surface area contributed by atoms with Gasteiger partial charge in [0, 0.05) is 62.4 Å². The number of piperidine rings is 1. The van der Waals surface area contributed by atoms with E-state index >= 15 is 0 Å². The Bertz CT molecular complexity index is 1400. The molecule has 1 N–H and O–H groups in total. The first-order valence-corrected chi connectivity index (χ1v) is 14.5. The lowest BCUT2D eigenvalue weighted by Crippen LogP contribution is -2.48. The van der Waals surface area contributed by atoms with Crippen molar-refractivity contribution in [2.45, 2.75) is 65.6 Å². The molecule has 9 nitrogen and oxygen atoms in total. The van der Waals surface area contributed by atoms with Gasteiger partial charge in [-0.15, -0.1) is 0 Å². The standard InChI is InChI=1S/C33H42N6O3/c1-22-9-13-35-20-26(22)21-39(29-7-8-30(41-5)31(18-29)42-6)28-11-15-38(16-12-28)24(3)10-14-36-33(40)32-23(2)17-27(19-34)37-25(32)4/h7-9,13,17-18,20,24,28H,10-12,14-16,21H2,1-6H3,(H,36,40)/t24-/m1/s1. The van der Waals surface area contributed by atoms with E-state index in [1.165, 1.54) is 11.1 Å². The molecule has 222 valence electrons. The number of amides is 1. The van der Waals surface area contributed by atoms with Crippen LogP contribution in [0, 0.1) is 32.1 Å². The number of methoxy groups -OCH3 is 2. The molecule has 0 bridgehead atoms. The molecule has 1 aliphatic rings. The average Bonchev–Trinajstić information content (AvgIpc) is 3.00. The predicted octanol–water partition coefficient (Wildman–Crippen LogP) is 4.97. The van der Waals surface area contributed by atoms with Crippen LogP contribution in [-0.4, -0.2) is 66.7 Å². The summed E-state index contributed by atoms with van der Waals surface area (Å²) in [4.78, 5) is 26.5. The molecule has 3 aromatic rings. The first kappa shape index (κ1) is 30.8. The molecule has 0 saturated carbocycles. The minimum absolute atomic E-state index is 0.135. The third-order valence-corrected chi connectivity index (χ3v) is 8.34. The quantitative estimate of drug-likeness (QED) is 0.345. The molecule has 0 radical (unpaired) electrons. The van der Waals surface area contributed by atoms with Gasteiger partial charge < -0.3 is 24.6 Å². The van der Waals surface area contributed by atoms with E-state index in [1.807, 2.05) is 31.5 Å². The summed E-state index contributed by atoms with van der Waals surface area (Å²) < 4.78 is 11.1. The van der Waals surface area contributed by atoms with Crippen molar-refractivity contribution in [2.75, 3.05) is 38.8 Å². The number of nitriles is 1. The fourth-order valence-electron chi connectivity index (χ4n) is 5.82. The first-order chi connectivity index (χ1) is 20.2. The van der Waals surface area contributed by atoms with Crippen LogP contribution in [-0.2, 0) is 6.54 Å². The van der Waals surface area contributed by atoms with Gasteiger partial charge >= 0.3 is 0 Å². The van der Waals surface area contributed by atoms with Gasteiger partial charge in [-0.2, -0.15) is 5.26 Å². The number of ether oxygens (including phenoxy) is 2. The highest BCUT2D eigenvalue weighted by Gasteiger charge is 2.28. The van der Waals surface area contributed by atoms with E-state index in [-0.39, 0.29) is 5.91 Å². The molecule has 0 unspecified atom stereocenters. The Balaban J connectivity index is 1.38. The number of anilines is 1. The van der Waals surface area contributed by atoms with E-state index in [4.69, 9.17) is 14.7 Å². The van der Waals surface area contributed by atoms with Crippen molar-refractivity contribution in [1.82, 2.24) is 20.2 Å². The molecule has 1 amide bonds. The largest absolute Gasteiger partial charge is 0.493 e. The second-order valence-corrected chi connectivity index (χ2v) is 11.0. The number of aromatic nitrogens is 2. The van der Waals surface area contributed by atoms with E-state index in [9.17, 15) is 4.79 Å². The number of rotatable bonds is 11. The monoisotopic (exact) mass is 570 g/mol. The average molecular weight is 571 g/mol. The summed E-state index contributed by atoms with van der Waals surface area (Å²) >= 11 is 0. The molecular formula is C33H42N6O3. The van der Waals surface area contributed by atoms with Crippen LogP contribution >= 0.6 is 0 Å². The minimum Gasteiger partial charge on any atom is -0.493 e. The van der Waals surface area contributed by atoms with Gasteiger partial charge in [-0.3, -0.25) is 9.78 Å². The molecule has 1 saturated heterocycles. The fourth-order valence-corrected chi connectivity index (χ4v) is 5.82. The highest BCUT2D eigenvalue weighted by molar-refractivity contribution is 5.96. The molecule has 3 heterocycles. The highest BCUT2D eigenvalue weighted by atomic mass is 16.5. The van der Waals surface area contributed by atoms with Gasteiger partial charge in [0.1, 0.15) is 11.8 Å². The van der Waals surface area contributed by atoms with Crippen LogP contribution in [0.4, 0.5) is 5.69 Å². The Morgan fingerprint density at radius 1 is 1.12 bits per heavy atom. The van der Waals surface area contributed by atoms with Crippen molar-refractivity contribution < 1.29 is 14.3 Å². The van der Waals surface area contributed by atoms with Crippen LogP contribution < -0.4 is 19.7 Å². The molecule has 4 rings (SSSR count). The highest BCUT2D eigenvalue weighted by Crippen LogP contribution is 2.35. The summed E-state index contributed by atoms with van der Waals surface area (Å²) in [6.45, 7) is 11.3. The lowest BCUT2D eigenvalue weighted by atomic mass is 9.98. The van der Waals surface area contributed by atoms with Gasteiger partial charge in [-0.05, 0) is 87.9 Å². The lowest BCUT2D eigenvalue weighted by Gasteiger charge is -2.42. The number of carbonyl (C=O) groups is 1. The number of benzene rings is 1. The van der Waals surface area contributed by atoms with Crippen molar-refractivity contribution >= 4 is 11.6 Å². The number of nitrogens with zero attached hydrogens (tertiary/aromatic N) is 5. The topological polar surface area (TPSA) is 104 Å². The number of aryl methyl sites for hydroxylation is 3. The molecule has 1 atom stereocenters. The third kappa shape index (κ3) is 7.18.